The molecule has 0 spiro atoms. The maximum atomic E-state index is 13.1. The Labute approximate surface area is 91.0 Å². The Morgan fingerprint density at radius 3 is 3.00 bits per heavy atom. The van der Waals surface area contributed by atoms with Crippen LogP contribution in [-0.4, -0.2) is 11.5 Å². The van der Waals surface area contributed by atoms with Gasteiger partial charge in [0.15, 0.2) is 11.5 Å². The number of halogens is 2. The number of oxazole rings is 1. The first-order valence-corrected chi connectivity index (χ1v) is 5.03. The van der Waals surface area contributed by atoms with Gasteiger partial charge in [-0.25, -0.2) is 9.37 Å². The molecular weight excluding hydrogens is 219 g/mol. The Balaban J connectivity index is 2.38. The van der Waals surface area contributed by atoms with E-state index in [0.717, 1.165) is 6.42 Å². The Morgan fingerprint density at radius 1 is 1.47 bits per heavy atom. The van der Waals surface area contributed by atoms with E-state index in [-0.39, 0.29) is 5.02 Å². The molecule has 0 aliphatic heterocycles. The fraction of sp³-hybridized carbons (Fsp3) is 0.300. The molecule has 0 bridgehead atoms. The van der Waals surface area contributed by atoms with Crippen LogP contribution in [-0.2, 0) is 6.42 Å². The van der Waals surface area contributed by atoms with Crippen LogP contribution in [0.15, 0.2) is 16.5 Å². The van der Waals surface area contributed by atoms with Crippen molar-refractivity contribution in [2.45, 2.75) is 12.8 Å². The van der Waals surface area contributed by atoms with Crippen molar-refractivity contribution in [1.82, 2.24) is 4.98 Å². The molecule has 0 unspecified atom stereocenters. The van der Waals surface area contributed by atoms with Gasteiger partial charge in [-0.3, -0.25) is 0 Å². The van der Waals surface area contributed by atoms with E-state index in [1.807, 2.05) is 0 Å². The highest BCUT2D eigenvalue weighted by atomic mass is 35.5. The van der Waals surface area contributed by atoms with Crippen LogP contribution in [0.25, 0.3) is 11.1 Å². The van der Waals surface area contributed by atoms with Gasteiger partial charge in [0, 0.05) is 12.5 Å². The first-order chi connectivity index (χ1) is 7.20. The molecule has 0 radical (unpaired) electrons. The maximum absolute atomic E-state index is 13.1. The van der Waals surface area contributed by atoms with Gasteiger partial charge in [0.1, 0.15) is 11.3 Å². The third-order valence-electron chi connectivity index (χ3n) is 2.07. The Morgan fingerprint density at radius 2 is 2.27 bits per heavy atom. The van der Waals surface area contributed by atoms with Crippen molar-refractivity contribution in [3.05, 3.63) is 28.9 Å². The fourth-order valence-electron chi connectivity index (χ4n) is 1.33. The van der Waals surface area contributed by atoms with Gasteiger partial charge in [0.05, 0.1) is 5.02 Å². The van der Waals surface area contributed by atoms with Crippen LogP contribution >= 0.6 is 11.6 Å². The third-order valence-corrected chi connectivity index (χ3v) is 2.36. The largest absolute Gasteiger partial charge is 0.441 e. The van der Waals surface area contributed by atoms with Crippen molar-refractivity contribution in [3.8, 4) is 0 Å². The van der Waals surface area contributed by atoms with Crippen LogP contribution in [0.2, 0.25) is 5.02 Å². The lowest BCUT2D eigenvalue weighted by Crippen LogP contribution is -2.00. The molecule has 2 rings (SSSR count). The van der Waals surface area contributed by atoms with Crippen molar-refractivity contribution >= 4 is 22.7 Å². The molecule has 0 saturated carbocycles. The number of hydrogen-bond donors (Lipinski definition) is 1. The van der Waals surface area contributed by atoms with Crippen molar-refractivity contribution in [3.63, 3.8) is 0 Å². The molecule has 0 aliphatic rings. The minimum absolute atomic E-state index is 0.0566. The van der Waals surface area contributed by atoms with Gasteiger partial charge in [0.2, 0.25) is 0 Å². The summed E-state index contributed by atoms with van der Waals surface area (Å²) in [6.45, 7) is 0.577. The first-order valence-electron chi connectivity index (χ1n) is 4.65. The fourth-order valence-corrected chi connectivity index (χ4v) is 1.49. The monoisotopic (exact) mass is 228 g/mol. The lowest BCUT2D eigenvalue weighted by atomic mass is 10.3. The number of nitrogens with two attached hydrogens (primary N) is 1. The summed E-state index contributed by atoms with van der Waals surface area (Å²) in [5, 5.41) is 0.0566. The van der Waals surface area contributed by atoms with Gasteiger partial charge < -0.3 is 10.2 Å². The van der Waals surface area contributed by atoms with Gasteiger partial charge in [-0.1, -0.05) is 11.6 Å². The number of nitrogens with zero attached hydrogens (tertiary/aromatic N) is 1. The highest BCUT2D eigenvalue weighted by Gasteiger charge is 2.09. The second-order valence-corrected chi connectivity index (χ2v) is 3.64. The molecule has 15 heavy (non-hydrogen) atoms. The van der Waals surface area contributed by atoms with Gasteiger partial charge in [0.25, 0.3) is 0 Å². The van der Waals surface area contributed by atoms with E-state index in [1.54, 1.807) is 0 Å². The number of aromatic nitrogens is 1. The quantitative estimate of drug-likeness (QED) is 0.878. The number of rotatable bonds is 3. The number of benzene rings is 1. The van der Waals surface area contributed by atoms with E-state index in [1.165, 1.54) is 12.1 Å². The summed E-state index contributed by atoms with van der Waals surface area (Å²) in [6.07, 6.45) is 1.45. The highest BCUT2D eigenvalue weighted by molar-refractivity contribution is 6.31. The number of aryl methyl sites for hydroxylation is 1. The zero-order valence-corrected chi connectivity index (χ0v) is 8.72. The van der Waals surface area contributed by atoms with Gasteiger partial charge in [-0.05, 0) is 19.0 Å². The smallest absolute Gasteiger partial charge is 0.195 e. The van der Waals surface area contributed by atoms with Gasteiger partial charge in [-0.15, -0.1) is 0 Å². The van der Waals surface area contributed by atoms with Crippen molar-refractivity contribution in [2.24, 2.45) is 5.73 Å². The highest BCUT2D eigenvalue weighted by Crippen LogP contribution is 2.23. The van der Waals surface area contributed by atoms with E-state index in [0.29, 0.717) is 30.0 Å². The first kappa shape index (κ1) is 10.4. The number of fused-ring (bicyclic) bond motifs is 1. The van der Waals surface area contributed by atoms with E-state index in [2.05, 4.69) is 4.98 Å². The SMILES string of the molecule is NCCCc1nc2cc(Cl)c(F)cc2o1. The molecule has 5 heteroatoms. The molecule has 2 N–H and O–H groups in total. The standard InChI is InChI=1S/C10H10ClFN2O/c11-6-4-8-9(5-7(6)12)15-10(14-8)2-1-3-13/h4-5H,1-3,13H2. The van der Waals surface area contributed by atoms with Crippen LogP contribution in [0.3, 0.4) is 0 Å². The van der Waals surface area contributed by atoms with Crippen LogP contribution < -0.4 is 5.73 Å². The second-order valence-electron chi connectivity index (χ2n) is 3.23. The maximum Gasteiger partial charge on any atom is 0.195 e. The molecule has 1 heterocycles. The Hall–Kier alpha value is -1.13. The van der Waals surface area contributed by atoms with Crippen molar-refractivity contribution < 1.29 is 8.81 Å². The molecular formula is C10H10ClFN2O. The summed E-state index contributed by atoms with van der Waals surface area (Å²) in [5.74, 6) is 0.0720. The molecule has 0 aliphatic carbocycles. The summed E-state index contributed by atoms with van der Waals surface area (Å²) in [6, 6.07) is 2.71. The Bertz CT molecular complexity index is 444. The predicted octanol–water partition coefficient (Wildman–Crippen LogP) is 2.51. The van der Waals surface area contributed by atoms with Crippen molar-refractivity contribution in [2.75, 3.05) is 6.54 Å². The Kier molecular flexibility index (Phi) is 2.88. The summed E-state index contributed by atoms with van der Waals surface area (Å²) in [4.78, 5) is 4.18. The average molecular weight is 229 g/mol. The van der Waals surface area contributed by atoms with Crippen LogP contribution in [0.1, 0.15) is 12.3 Å². The third kappa shape index (κ3) is 2.11. The minimum Gasteiger partial charge on any atom is -0.441 e. The van der Waals surface area contributed by atoms with E-state index < -0.39 is 5.82 Å². The lowest BCUT2D eigenvalue weighted by molar-refractivity contribution is 0.518. The molecule has 0 fully saturated rings. The predicted molar refractivity (Wildman–Crippen MR) is 56.4 cm³/mol. The van der Waals surface area contributed by atoms with E-state index >= 15 is 0 Å². The number of hydrogen-bond acceptors (Lipinski definition) is 3. The average Bonchev–Trinajstić information content (AvgIpc) is 2.58. The molecule has 2 aromatic rings. The molecule has 1 aromatic carbocycles. The molecule has 0 amide bonds. The summed E-state index contributed by atoms with van der Waals surface area (Å²) >= 11 is 5.62. The molecule has 3 nitrogen and oxygen atoms in total. The molecule has 80 valence electrons. The second kappa shape index (κ2) is 4.16. The topological polar surface area (TPSA) is 52.0 Å². The minimum atomic E-state index is -0.495. The zero-order valence-electron chi connectivity index (χ0n) is 7.96. The van der Waals surface area contributed by atoms with Gasteiger partial charge in [-0.2, -0.15) is 0 Å². The van der Waals surface area contributed by atoms with E-state index in [9.17, 15) is 4.39 Å². The summed E-state index contributed by atoms with van der Waals surface area (Å²) in [7, 11) is 0. The van der Waals surface area contributed by atoms with Crippen LogP contribution in [0.5, 0.6) is 0 Å². The normalized spacial score (nSPS) is 11.1. The van der Waals surface area contributed by atoms with Crippen molar-refractivity contribution in [1.29, 1.82) is 0 Å². The van der Waals surface area contributed by atoms with E-state index in [4.69, 9.17) is 21.8 Å². The van der Waals surface area contributed by atoms with Crippen LogP contribution in [0.4, 0.5) is 4.39 Å². The summed E-state index contributed by atoms with van der Waals surface area (Å²) in [5.41, 5.74) is 6.37. The van der Waals surface area contributed by atoms with Gasteiger partial charge >= 0.3 is 0 Å². The molecule has 0 atom stereocenters. The lowest BCUT2D eigenvalue weighted by Gasteiger charge is -1.90. The molecule has 1 aromatic heterocycles. The molecule has 0 saturated heterocycles. The zero-order chi connectivity index (χ0) is 10.8. The summed E-state index contributed by atoms with van der Waals surface area (Å²) < 4.78 is 18.4. The van der Waals surface area contributed by atoms with Crippen LogP contribution in [0, 0.1) is 5.82 Å².